The van der Waals surface area contributed by atoms with E-state index in [9.17, 15) is 9.59 Å². The zero-order valence-electron chi connectivity index (χ0n) is 20.3. The Balaban J connectivity index is 1.75. The van der Waals surface area contributed by atoms with Gasteiger partial charge < -0.3 is 24.8 Å². The van der Waals surface area contributed by atoms with Crippen molar-refractivity contribution in [3.63, 3.8) is 0 Å². The first kappa shape index (κ1) is 24.7. The minimum Gasteiger partial charge on any atom is -0.444 e. The Kier molecular flexibility index (Phi) is 7.43. The molecule has 1 fully saturated rings. The van der Waals surface area contributed by atoms with Crippen molar-refractivity contribution in [2.45, 2.75) is 71.4 Å². The van der Waals surface area contributed by atoms with Crippen LogP contribution in [-0.4, -0.2) is 57.4 Å². The predicted octanol–water partition coefficient (Wildman–Crippen LogP) is 2.73. The summed E-state index contributed by atoms with van der Waals surface area (Å²) in [5.74, 6) is 0.241. The number of aromatic nitrogens is 4. The summed E-state index contributed by atoms with van der Waals surface area (Å²) in [5, 5.41) is 14.7. The average molecular weight is 463 g/mol. The van der Waals surface area contributed by atoms with E-state index in [1.54, 1.807) is 31.0 Å². The number of rotatable bonds is 7. The van der Waals surface area contributed by atoms with Gasteiger partial charge in [-0.05, 0) is 40.7 Å². The van der Waals surface area contributed by atoms with E-state index < -0.39 is 6.09 Å². The number of carbonyl (C=O) groups excluding carboxylic acids is 2. The summed E-state index contributed by atoms with van der Waals surface area (Å²) in [6, 6.07) is 3.49. The lowest BCUT2D eigenvalue weighted by Gasteiger charge is -2.22. The Labute approximate surface area is 193 Å². The fraction of sp³-hybridized carbons (Fsp3) is 0.636. The van der Waals surface area contributed by atoms with E-state index in [2.05, 4.69) is 15.7 Å². The number of nitrogens with one attached hydrogen (secondary N) is 2. The lowest BCUT2D eigenvalue weighted by molar-refractivity contribution is 0.0679. The van der Waals surface area contributed by atoms with Gasteiger partial charge in [-0.3, -0.25) is 9.48 Å². The molecule has 0 radical (unpaired) electrons. The summed E-state index contributed by atoms with van der Waals surface area (Å²) in [4.78, 5) is 24.9. The highest BCUT2D eigenvalue weighted by Gasteiger charge is 2.33. The highest BCUT2D eigenvalue weighted by Crippen LogP contribution is 2.33. The van der Waals surface area contributed by atoms with Gasteiger partial charge in [0.15, 0.2) is 0 Å². The standard InChI is InChI=1S/C22H34N6O5/c1-13(2)23-21(30)33-15-9-18(32-12-15)16-10-19(28(26-16)22(3,4)5)24-20(29)17-8-14(11-31-7)25-27(17)6/h8,10,13,15,18H,9,11-12H2,1-7H3,(H,23,30)(H,24,29)/t15-,18-/m0/s1. The topological polar surface area (TPSA) is 122 Å². The molecule has 0 saturated carbocycles. The molecule has 0 bridgehead atoms. The molecule has 0 aliphatic carbocycles. The SMILES string of the molecule is COCc1cc(C(=O)Nc2cc([C@@H]3C[C@H](OC(=O)NC(C)C)CO3)nn2C(C)(C)C)n(C)n1. The van der Waals surface area contributed by atoms with Crippen LogP contribution in [0.3, 0.4) is 0 Å². The molecule has 1 saturated heterocycles. The molecule has 2 aromatic heterocycles. The number of anilines is 1. The fourth-order valence-corrected chi connectivity index (χ4v) is 3.60. The zero-order chi connectivity index (χ0) is 24.3. The lowest BCUT2D eigenvalue weighted by atomic mass is 10.1. The third kappa shape index (κ3) is 6.11. The molecule has 0 aromatic carbocycles. The van der Waals surface area contributed by atoms with Gasteiger partial charge in [0.1, 0.15) is 23.7 Å². The van der Waals surface area contributed by atoms with Gasteiger partial charge in [-0.25, -0.2) is 9.48 Å². The van der Waals surface area contributed by atoms with Crippen LogP contribution in [0.1, 0.15) is 69.0 Å². The van der Waals surface area contributed by atoms with Gasteiger partial charge in [0.2, 0.25) is 0 Å². The van der Waals surface area contributed by atoms with Crippen LogP contribution in [0.5, 0.6) is 0 Å². The molecule has 0 spiro atoms. The third-order valence-corrected chi connectivity index (χ3v) is 5.03. The fourth-order valence-electron chi connectivity index (χ4n) is 3.60. The number of aryl methyl sites for hydroxylation is 1. The van der Waals surface area contributed by atoms with Crippen molar-refractivity contribution in [3.8, 4) is 0 Å². The second-order valence-electron chi connectivity index (χ2n) is 9.45. The zero-order valence-corrected chi connectivity index (χ0v) is 20.3. The third-order valence-electron chi connectivity index (χ3n) is 5.03. The first-order valence-electron chi connectivity index (χ1n) is 11.0. The van der Waals surface area contributed by atoms with Crippen LogP contribution in [-0.2, 0) is 33.4 Å². The normalized spacial score (nSPS) is 18.5. The quantitative estimate of drug-likeness (QED) is 0.649. The molecule has 2 amide bonds. The molecule has 1 aliphatic rings. The Morgan fingerprint density at radius 3 is 2.64 bits per heavy atom. The highest BCUT2D eigenvalue weighted by molar-refractivity contribution is 6.02. The van der Waals surface area contributed by atoms with Crippen molar-refractivity contribution < 1.29 is 23.8 Å². The predicted molar refractivity (Wildman–Crippen MR) is 121 cm³/mol. The van der Waals surface area contributed by atoms with E-state index in [0.29, 0.717) is 35.9 Å². The van der Waals surface area contributed by atoms with Crippen molar-refractivity contribution in [3.05, 3.63) is 29.2 Å². The molecule has 33 heavy (non-hydrogen) atoms. The van der Waals surface area contributed by atoms with Crippen LogP contribution in [0, 0.1) is 0 Å². The molecular weight excluding hydrogens is 428 g/mol. The van der Waals surface area contributed by atoms with E-state index in [4.69, 9.17) is 19.3 Å². The van der Waals surface area contributed by atoms with Crippen molar-refractivity contribution in [2.75, 3.05) is 19.0 Å². The molecule has 2 atom stereocenters. The largest absolute Gasteiger partial charge is 0.444 e. The molecule has 11 heteroatoms. The first-order chi connectivity index (χ1) is 15.5. The Morgan fingerprint density at radius 1 is 1.27 bits per heavy atom. The number of hydrogen-bond acceptors (Lipinski definition) is 7. The van der Waals surface area contributed by atoms with Crippen LogP contribution in [0.15, 0.2) is 12.1 Å². The molecule has 1 aliphatic heterocycles. The maximum Gasteiger partial charge on any atom is 0.407 e. The molecule has 11 nitrogen and oxygen atoms in total. The summed E-state index contributed by atoms with van der Waals surface area (Å²) < 4.78 is 19.7. The Bertz CT molecular complexity index is 990. The van der Waals surface area contributed by atoms with Crippen LogP contribution in [0.2, 0.25) is 0 Å². The number of methoxy groups -OCH3 is 1. The van der Waals surface area contributed by atoms with Crippen LogP contribution in [0.4, 0.5) is 10.6 Å². The van der Waals surface area contributed by atoms with Crippen molar-refractivity contribution >= 4 is 17.8 Å². The summed E-state index contributed by atoms with van der Waals surface area (Å²) in [5.41, 5.74) is 1.36. The number of ether oxygens (including phenoxy) is 3. The number of hydrogen-bond donors (Lipinski definition) is 2. The number of amides is 2. The minimum atomic E-state index is -0.462. The minimum absolute atomic E-state index is 0.00530. The van der Waals surface area contributed by atoms with Gasteiger partial charge >= 0.3 is 6.09 Å². The van der Waals surface area contributed by atoms with Gasteiger partial charge in [-0.15, -0.1) is 0 Å². The number of alkyl carbamates (subject to hydrolysis) is 1. The van der Waals surface area contributed by atoms with Gasteiger partial charge in [0, 0.05) is 32.7 Å². The summed E-state index contributed by atoms with van der Waals surface area (Å²) >= 11 is 0. The summed E-state index contributed by atoms with van der Waals surface area (Å²) in [6.45, 7) is 10.3. The van der Waals surface area contributed by atoms with Gasteiger partial charge in [0.25, 0.3) is 5.91 Å². The molecule has 2 aromatic rings. The smallest absolute Gasteiger partial charge is 0.407 e. The van der Waals surface area contributed by atoms with Crippen molar-refractivity contribution in [2.24, 2.45) is 7.05 Å². The van der Waals surface area contributed by atoms with Gasteiger partial charge in [-0.1, -0.05) is 0 Å². The molecular formula is C22H34N6O5. The van der Waals surface area contributed by atoms with E-state index in [1.165, 1.54) is 4.68 Å². The second-order valence-corrected chi connectivity index (χ2v) is 9.45. The summed E-state index contributed by atoms with van der Waals surface area (Å²) in [6.07, 6.45) is -0.676. The van der Waals surface area contributed by atoms with E-state index >= 15 is 0 Å². The number of carbonyl (C=O) groups is 2. The summed E-state index contributed by atoms with van der Waals surface area (Å²) in [7, 11) is 3.29. The molecule has 2 N–H and O–H groups in total. The van der Waals surface area contributed by atoms with Crippen molar-refractivity contribution in [1.82, 2.24) is 24.9 Å². The van der Waals surface area contributed by atoms with Crippen LogP contribution >= 0.6 is 0 Å². The van der Waals surface area contributed by atoms with E-state index in [-0.39, 0.29) is 36.3 Å². The second kappa shape index (κ2) is 9.92. The first-order valence-corrected chi connectivity index (χ1v) is 11.0. The molecule has 0 unspecified atom stereocenters. The monoisotopic (exact) mass is 462 g/mol. The lowest BCUT2D eigenvalue weighted by Crippen LogP contribution is -2.33. The van der Waals surface area contributed by atoms with Crippen molar-refractivity contribution in [1.29, 1.82) is 0 Å². The van der Waals surface area contributed by atoms with Gasteiger partial charge in [0.05, 0.1) is 30.1 Å². The number of nitrogens with zero attached hydrogens (tertiary/aromatic N) is 4. The maximum atomic E-state index is 13.0. The Hall–Kier alpha value is -2.92. The van der Waals surface area contributed by atoms with Gasteiger partial charge in [-0.2, -0.15) is 10.2 Å². The van der Waals surface area contributed by atoms with Crippen LogP contribution in [0.25, 0.3) is 0 Å². The molecule has 182 valence electrons. The Morgan fingerprint density at radius 2 is 2.00 bits per heavy atom. The molecule has 3 heterocycles. The van der Waals surface area contributed by atoms with E-state index in [0.717, 1.165) is 0 Å². The molecule has 3 rings (SSSR count). The highest BCUT2D eigenvalue weighted by atomic mass is 16.6. The van der Waals surface area contributed by atoms with E-state index in [1.807, 2.05) is 34.6 Å². The van der Waals surface area contributed by atoms with Crippen LogP contribution < -0.4 is 10.6 Å². The maximum absolute atomic E-state index is 13.0. The average Bonchev–Trinajstić information content (AvgIpc) is 3.39.